The van der Waals surface area contributed by atoms with Gasteiger partial charge in [-0.1, -0.05) is 23.7 Å². The first-order valence-corrected chi connectivity index (χ1v) is 5.55. The lowest BCUT2D eigenvalue weighted by atomic mass is 9.73. The Morgan fingerprint density at radius 1 is 1.40 bits per heavy atom. The molecule has 1 aromatic carbocycles. The summed E-state index contributed by atoms with van der Waals surface area (Å²) < 4.78 is 5.86. The molecular formula is C12H10BClO. The highest BCUT2D eigenvalue weighted by Gasteiger charge is 2.36. The van der Waals surface area contributed by atoms with Gasteiger partial charge >= 0.3 is 0 Å². The second kappa shape index (κ2) is 3.31. The Morgan fingerprint density at radius 2 is 2.27 bits per heavy atom. The molecule has 74 valence electrons. The lowest BCUT2D eigenvalue weighted by Crippen LogP contribution is -2.23. The molecule has 0 N–H and O–H groups in total. The second-order valence-electron chi connectivity index (χ2n) is 4.10. The fourth-order valence-corrected chi connectivity index (χ4v) is 2.62. The molecule has 0 saturated carbocycles. The van der Waals surface area contributed by atoms with Crippen LogP contribution in [0, 0.1) is 0 Å². The van der Waals surface area contributed by atoms with E-state index in [0.717, 1.165) is 29.1 Å². The average Bonchev–Trinajstić information content (AvgIpc) is 2.56. The van der Waals surface area contributed by atoms with Crippen molar-refractivity contribution >= 4 is 19.4 Å². The van der Waals surface area contributed by atoms with E-state index in [4.69, 9.17) is 24.2 Å². The van der Waals surface area contributed by atoms with Crippen molar-refractivity contribution in [3.63, 3.8) is 0 Å². The predicted molar refractivity (Wildman–Crippen MR) is 61.7 cm³/mol. The minimum atomic E-state index is 0.212. The van der Waals surface area contributed by atoms with Crippen LogP contribution in [0.15, 0.2) is 29.7 Å². The Labute approximate surface area is 95.5 Å². The first-order chi connectivity index (χ1) is 7.25. The molecule has 0 fully saturated rings. The normalized spacial score (nSPS) is 27.7. The molecule has 2 radical (unpaired) electrons. The molecule has 0 amide bonds. The van der Waals surface area contributed by atoms with E-state index in [-0.39, 0.29) is 12.0 Å². The first-order valence-electron chi connectivity index (χ1n) is 5.17. The van der Waals surface area contributed by atoms with Crippen molar-refractivity contribution < 1.29 is 4.74 Å². The smallest absolute Gasteiger partial charge is 0.125 e. The summed E-state index contributed by atoms with van der Waals surface area (Å²) in [5.41, 5.74) is 2.12. The van der Waals surface area contributed by atoms with Gasteiger partial charge < -0.3 is 4.74 Å². The average molecular weight is 216 g/mol. The molecule has 1 aromatic rings. The lowest BCUT2D eigenvalue weighted by Gasteiger charge is -2.24. The number of benzene rings is 1. The third-order valence-corrected chi connectivity index (χ3v) is 3.39. The molecule has 2 unspecified atom stereocenters. The number of allylic oxidation sites excluding steroid dienone is 1. The maximum absolute atomic E-state index is 6.02. The molecule has 2 aliphatic rings. The summed E-state index contributed by atoms with van der Waals surface area (Å²) in [6.45, 7) is 0. The van der Waals surface area contributed by atoms with Crippen molar-refractivity contribution in [2.75, 3.05) is 0 Å². The summed E-state index contributed by atoms with van der Waals surface area (Å²) in [5.74, 6) is 1.14. The van der Waals surface area contributed by atoms with Crippen LogP contribution < -0.4 is 4.74 Å². The maximum atomic E-state index is 6.02. The van der Waals surface area contributed by atoms with E-state index in [1.165, 1.54) is 5.56 Å². The third kappa shape index (κ3) is 1.39. The van der Waals surface area contributed by atoms with Gasteiger partial charge in [0.25, 0.3) is 0 Å². The number of hydrogen-bond donors (Lipinski definition) is 0. The van der Waals surface area contributed by atoms with E-state index in [9.17, 15) is 0 Å². The Hall–Kier alpha value is -0.885. The molecule has 0 aromatic heterocycles. The van der Waals surface area contributed by atoms with Gasteiger partial charge in [0.05, 0.1) is 0 Å². The Morgan fingerprint density at radius 3 is 3.13 bits per heavy atom. The van der Waals surface area contributed by atoms with Crippen LogP contribution in [0.2, 0.25) is 5.02 Å². The summed E-state index contributed by atoms with van der Waals surface area (Å²) in [5, 5.41) is 0.718. The highest BCUT2D eigenvalue weighted by Crippen LogP contribution is 2.45. The number of halogens is 1. The van der Waals surface area contributed by atoms with Crippen LogP contribution in [0.25, 0.3) is 0 Å². The highest BCUT2D eigenvalue weighted by molar-refractivity contribution is 6.30. The van der Waals surface area contributed by atoms with Crippen molar-refractivity contribution in [2.45, 2.75) is 24.9 Å². The zero-order chi connectivity index (χ0) is 10.4. The molecule has 15 heavy (non-hydrogen) atoms. The van der Waals surface area contributed by atoms with Crippen LogP contribution in [0.3, 0.4) is 0 Å². The van der Waals surface area contributed by atoms with Crippen molar-refractivity contribution in [1.29, 1.82) is 0 Å². The quantitative estimate of drug-likeness (QED) is 0.606. The molecule has 1 nitrogen and oxygen atoms in total. The molecule has 0 saturated heterocycles. The molecule has 0 bridgehead atoms. The molecule has 1 aliphatic carbocycles. The Bertz CT molecular complexity index is 441. The molecular weight excluding hydrogens is 206 g/mol. The minimum Gasteiger partial charge on any atom is -0.489 e. The summed E-state index contributed by atoms with van der Waals surface area (Å²) in [7, 11) is 6.02. The van der Waals surface area contributed by atoms with Crippen molar-refractivity contribution in [3.8, 4) is 5.75 Å². The topological polar surface area (TPSA) is 9.23 Å². The monoisotopic (exact) mass is 216 g/mol. The fourth-order valence-electron chi connectivity index (χ4n) is 2.46. The molecule has 1 aliphatic heterocycles. The second-order valence-corrected chi connectivity index (χ2v) is 4.53. The van der Waals surface area contributed by atoms with Gasteiger partial charge in [0, 0.05) is 16.5 Å². The fraction of sp³-hybridized carbons (Fsp3) is 0.333. The lowest BCUT2D eigenvalue weighted by molar-refractivity contribution is 0.203. The van der Waals surface area contributed by atoms with E-state index >= 15 is 0 Å². The van der Waals surface area contributed by atoms with Crippen LogP contribution in [0.4, 0.5) is 0 Å². The van der Waals surface area contributed by atoms with E-state index in [0.29, 0.717) is 0 Å². The highest BCUT2D eigenvalue weighted by atomic mass is 35.5. The predicted octanol–water partition coefficient (Wildman–Crippen LogP) is 3.03. The maximum Gasteiger partial charge on any atom is 0.125 e. The summed E-state index contributed by atoms with van der Waals surface area (Å²) in [6.07, 6.45) is 4.36. The number of fused-ring (bicyclic) bond motifs is 3. The van der Waals surface area contributed by atoms with Crippen molar-refractivity contribution in [2.24, 2.45) is 0 Å². The van der Waals surface area contributed by atoms with Crippen molar-refractivity contribution in [1.82, 2.24) is 0 Å². The van der Waals surface area contributed by atoms with Crippen molar-refractivity contribution in [3.05, 3.63) is 40.3 Å². The minimum absolute atomic E-state index is 0.212. The molecule has 3 heteroatoms. The van der Waals surface area contributed by atoms with Gasteiger partial charge in [-0.05, 0) is 25.0 Å². The van der Waals surface area contributed by atoms with E-state index in [2.05, 4.69) is 6.08 Å². The Balaban J connectivity index is 2.10. The number of hydrogen-bond acceptors (Lipinski definition) is 1. The summed E-state index contributed by atoms with van der Waals surface area (Å²) >= 11 is 5.93. The van der Waals surface area contributed by atoms with Crippen LogP contribution in [0.1, 0.15) is 24.3 Å². The van der Waals surface area contributed by atoms with Crippen LogP contribution in [-0.2, 0) is 0 Å². The molecule has 2 atom stereocenters. The Kier molecular flexibility index (Phi) is 2.06. The zero-order valence-corrected chi connectivity index (χ0v) is 9.00. The SMILES string of the molecule is [B]C1=CCCC2Oc3cc(Cl)ccc3C12. The van der Waals surface area contributed by atoms with Gasteiger partial charge in [0.2, 0.25) is 0 Å². The number of ether oxygens (including phenoxy) is 1. The zero-order valence-electron chi connectivity index (χ0n) is 8.24. The van der Waals surface area contributed by atoms with E-state index in [1.807, 2.05) is 18.2 Å². The third-order valence-electron chi connectivity index (χ3n) is 3.15. The molecule has 1 heterocycles. The summed E-state index contributed by atoms with van der Waals surface area (Å²) in [4.78, 5) is 0. The number of rotatable bonds is 0. The largest absolute Gasteiger partial charge is 0.489 e. The summed E-state index contributed by atoms with van der Waals surface area (Å²) in [6, 6.07) is 5.80. The van der Waals surface area contributed by atoms with Gasteiger partial charge in [-0.2, -0.15) is 0 Å². The first kappa shape index (κ1) is 9.35. The van der Waals surface area contributed by atoms with Crippen LogP contribution >= 0.6 is 11.6 Å². The van der Waals surface area contributed by atoms with Gasteiger partial charge in [-0.25, -0.2) is 0 Å². The van der Waals surface area contributed by atoms with Gasteiger partial charge in [-0.15, -0.1) is 5.47 Å². The van der Waals surface area contributed by atoms with Crippen LogP contribution in [0.5, 0.6) is 5.75 Å². The van der Waals surface area contributed by atoms with Gasteiger partial charge in [0.1, 0.15) is 19.7 Å². The standard InChI is InChI=1S/C12H10BClO/c13-9-2-1-3-10-12(9)8-5-4-7(14)6-11(8)15-10/h2,4-6,10,12H,1,3H2. The van der Waals surface area contributed by atoms with Gasteiger partial charge in [-0.3, -0.25) is 0 Å². The molecule has 0 spiro atoms. The molecule has 3 rings (SSSR count). The van der Waals surface area contributed by atoms with E-state index in [1.54, 1.807) is 0 Å². The van der Waals surface area contributed by atoms with E-state index < -0.39 is 0 Å². The van der Waals surface area contributed by atoms with Gasteiger partial charge in [0.15, 0.2) is 0 Å². The van der Waals surface area contributed by atoms with Crippen LogP contribution in [-0.4, -0.2) is 14.0 Å².